The van der Waals surface area contributed by atoms with Gasteiger partial charge in [0.25, 0.3) is 0 Å². The normalized spacial score (nSPS) is 12.9. The molecule has 0 saturated heterocycles. The monoisotopic (exact) mass is 270 g/mol. The summed E-state index contributed by atoms with van der Waals surface area (Å²) in [5.74, 6) is 0.0239. The van der Waals surface area contributed by atoms with E-state index in [4.69, 9.17) is 4.74 Å². The zero-order valence-corrected chi connectivity index (χ0v) is 12.1. The van der Waals surface area contributed by atoms with Gasteiger partial charge < -0.3 is 10.1 Å². The van der Waals surface area contributed by atoms with Crippen molar-refractivity contribution in [2.75, 3.05) is 20.8 Å². The van der Waals surface area contributed by atoms with Crippen molar-refractivity contribution in [3.05, 3.63) is 21.5 Å². The minimum absolute atomic E-state index is 0.0239. The molecule has 108 valence electrons. The molecule has 0 radical (unpaired) electrons. The van der Waals surface area contributed by atoms with E-state index in [1.54, 1.807) is 18.8 Å². The van der Waals surface area contributed by atoms with Gasteiger partial charge >= 0.3 is 5.69 Å². The molecule has 0 amide bonds. The van der Waals surface area contributed by atoms with Gasteiger partial charge in [0.15, 0.2) is 0 Å². The summed E-state index contributed by atoms with van der Waals surface area (Å²) < 4.78 is 6.70. The standard InChI is InChI=1S/C12H22N4O3/c1-8(2)11-12(16(17)18)10(15(4)14-11)6-9(13-3)7-19-5/h8-9,13H,6-7H2,1-5H3. The highest BCUT2D eigenvalue weighted by Crippen LogP contribution is 2.29. The zero-order valence-electron chi connectivity index (χ0n) is 12.1. The summed E-state index contributed by atoms with van der Waals surface area (Å²) in [6, 6.07) is 0.0270. The first-order valence-electron chi connectivity index (χ1n) is 6.28. The smallest absolute Gasteiger partial charge is 0.313 e. The van der Waals surface area contributed by atoms with Crippen LogP contribution < -0.4 is 5.32 Å². The molecule has 0 spiro atoms. The fourth-order valence-electron chi connectivity index (χ4n) is 2.07. The predicted octanol–water partition coefficient (Wildman–Crippen LogP) is 1.23. The van der Waals surface area contributed by atoms with Crippen LogP contribution >= 0.6 is 0 Å². The number of nitrogens with zero attached hydrogens (tertiary/aromatic N) is 3. The third-order valence-electron chi connectivity index (χ3n) is 3.11. The Morgan fingerprint density at radius 1 is 1.53 bits per heavy atom. The van der Waals surface area contributed by atoms with E-state index >= 15 is 0 Å². The van der Waals surface area contributed by atoms with Crippen LogP contribution in [0.4, 0.5) is 5.69 Å². The van der Waals surface area contributed by atoms with E-state index in [2.05, 4.69) is 10.4 Å². The van der Waals surface area contributed by atoms with Crippen molar-refractivity contribution >= 4 is 5.69 Å². The predicted molar refractivity (Wildman–Crippen MR) is 72.4 cm³/mol. The molecule has 7 heteroatoms. The van der Waals surface area contributed by atoms with Gasteiger partial charge in [-0.15, -0.1) is 0 Å². The molecule has 0 bridgehead atoms. The molecule has 1 aromatic rings. The van der Waals surface area contributed by atoms with E-state index in [0.29, 0.717) is 24.4 Å². The Morgan fingerprint density at radius 3 is 2.58 bits per heavy atom. The molecule has 7 nitrogen and oxygen atoms in total. The molecular formula is C12H22N4O3. The van der Waals surface area contributed by atoms with Crippen molar-refractivity contribution in [3.8, 4) is 0 Å². The van der Waals surface area contributed by atoms with E-state index in [9.17, 15) is 10.1 Å². The molecule has 1 unspecified atom stereocenters. The molecule has 1 atom stereocenters. The van der Waals surface area contributed by atoms with E-state index in [0.717, 1.165) is 0 Å². The topological polar surface area (TPSA) is 82.2 Å². The van der Waals surface area contributed by atoms with Crippen molar-refractivity contribution in [2.45, 2.75) is 32.2 Å². The molecule has 0 aliphatic heterocycles. The second-order valence-electron chi connectivity index (χ2n) is 4.86. The number of nitro groups is 1. The maximum Gasteiger partial charge on any atom is 0.313 e. The third kappa shape index (κ3) is 3.51. The molecule has 1 N–H and O–H groups in total. The second-order valence-corrected chi connectivity index (χ2v) is 4.86. The molecule has 1 rings (SSSR count). The summed E-state index contributed by atoms with van der Waals surface area (Å²) in [5.41, 5.74) is 1.30. The van der Waals surface area contributed by atoms with Crippen LogP contribution in [-0.2, 0) is 18.2 Å². The average Bonchev–Trinajstić information content (AvgIpc) is 2.66. The van der Waals surface area contributed by atoms with Gasteiger partial charge in [-0.05, 0) is 7.05 Å². The SMILES string of the molecule is CNC(COC)Cc1c([N+](=O)[O-])c(C(C)C)nn1C. The highest BCUT2D eigenvalue weighted by atomic mass is 16.6. The number of hydrogen-bond donors (Lipinski definition) is 1. The minimum Gasteiger partial charge on any atom is -0.383 e. The van der Waals surface area contributed by atoms with Crippen LogP contribution in [0.25, 0.3) is 0 Å². The van der Waals surface area contributed by atoms with Crippen LogP contribution in [0.3, 0.4) is 0 Å². The molecule has 0 aliphatic rings. The number of ether oxygens (including phenoxy) is 1. The lowest BCUT2D eigenvalue weighted by Gasteiger charge is -2.14. The number of rotatable bonds is 7. The summed E-state index contributed by atoms with van der Waals surface area (Å²) in [7, 11) is 5.17. The summed E-state index contributed by atoms with van der Waals surface area (Å²) in [6.45, 7) is 4.31. The van der Waals surface area contributed by atoms with Gasteiger partial charge in [0.05, 0.1) is 11.5 Å². The fraction of sp³-hybridized carbons (Fsp3) is 0.750. The average molecular weight is 270 g/mol. The Hall–Kier alpha value is -1.47. The quantitative estimate of drug-likeness (QED) is 0.595. The highest BCUT2D eigenvalue weighted by Gasteiger charge is 2.29. The summed E-state index contributed by atoms with van der Waals surface area (Å²) in [4.78, 5) is 11.0. The van der Waals surface area contributed by atoms with Crippen molar-refractivity contribution < 1.29 is 9.66 Å². The van der Waals surface area contributed by atoms with Crippen molar-refractivity contribution in [1.82, 2.24) is 15.1 Å². The van der Waals surface area contributed by atoms with E-state index in [1.807, 2.05) is 20.9 Å². The lowest BCUT2D eigenvalue weighted by atomic mass is 10.1. The Labute approximate surface area is 113 Å². The Morgan fingerprint density at radius 2 is 2.16 bits per heavy atom. The Balaban J connectivity index is 3.15. The van der Waals surface area contributed by atoms with Crippen LogP contribution in [0.15, 0.2) is 0 Å². The first-order valence-corrected chi connectivity index (χ1v) is 6.28. The Bertz CT molecular complexity index is 442. The van der Waals surface area contributed by atoms with Crippen LogP contribution in [0.1, 0.15) is 31.2 Å². The largest absolute Gasteiger partial charge is 0.383 e. The highest BCUT2D eigenvalue weighted by molar-refractivity contribution is 5.43. The first kappa shape index (κ1) is 15.6. The van der Waals surface area contributed by atoms with Gasteiger partial charge in [-0.1, -0.05) is 13.8 Å². The minimum atomic E-state index is -0.336. The second kappa shape index (κ2) is 6.63. The number of likely N-dealkylation sites (N-methyl/N-ethyl adjacent to an activating group) is 1. The molecule has 19 heavy (non-hydrogen) atoms. The maximum atomic E-state index is 11.3. The van der Waals surface area contributed by atoms with Crippen molar-refractivity contribution in [2.24, 2.45) is 7.05 Å². The molecular weight excluding hydrogens is 248 g/mol. The number of aryl methyl sites for hydroxylation is 1. The summed E-state index contributed by atoms with van der Waals surface area (Å²) >= 11 is 0. The third-order valence-corrected chi connectivity index (χ3v) is 3.11. The number of methoxy groups -OCH3 is 1. The van der Waals surface area contributed by atoms with Crippen LogP contribution in [0.5, 0.6) is 0 Å². The van der Waals surface area contributed by atoms with E-state index < -0.39 is 0 Å². The van der Waals surface area contributed by atoms with E-state index in [-0.39, 0.29) is 22.6 Å². The fourth-order valence-corrected chi connectivity index (χ4v) is 2.07. The lowest BCUT2D eigenvalue weighted by Crippen LogP contribution is -2.33. The van der Waals surface area contributed by atoms with Gasteiger partial charge in [-0.25, -0.2) is 0 Å². The van der Waals surface area contributed by atoms with Gasteiger partial charge in [0.1, 0.15) is 11.4 Å². The lowest BCUT2D eigenvalue weighted by molar-refractivity contribution is -0.386. The zero-order chi connectivity index (χ0) is 14.6. The van der Waals surface area contributed by atoms with Gasteiger partial charge in [0, 0.05) is 32.5 Å². The maximum absolute atomic E-state index is 11.3. The molecule has 1 heterocycles. The number of hydrogen-bond acceptors (Lipinski definition) is 5. The molecule has 0 fully saturated rings. The summed E-state index contributed by atoms with van der Waals surface area (Å²) in [6.07, 6.45) is 0.511. The van der Waals surface area contributed by atoms with E-state index in [1.165, 1.54) is 0 Å². The van der Waals surface area contributed by atoms with Gasteiger partial charge in [-0.2, -0.15) is 5.10 Å². The molecule has 0 aromatic carbocycles. The first-order chi connectivity index (χ1) is 8.92. The number of aromatic nitrogens is 2. The summed E-state index contributed by atoms with van der Waals surface area (Å²) in [5, 5.41) is 18.7. The van der Waals surface area contributed by atoms with Crippen LogP contribution in [0.2, 0.25) is 0 Å². The Kier molecular flexibility index (Phi) is 5.44. The van der Waals surface area contributed by atoms with Gasteiger partial charge in [-0.3, -0.25) is 14.8 Å². The van der Waals surface area contributed by atoms with Crippen molar-refractivity contribution in [1.29, 1.82) is 0 Å². The molecule has 1 aromatic heterocycles. The van der Waals surface area contributed by atoms with Crippen molar-refractivity contribution in [3.63, 3.8) is 0 Å². The number of nitrogens with one attached hydrogen (secondary N) is 1. The van der Waals surface area contributed by atoms with Crippen LogP contribution in [-0.4, -0.2) is 41.5 Å². The molecule has 0 aliphatic carbocycles. The molecule has 0 saturated carbocycles. The van der Waals surface area contributed by atoms with Crippen LogP contribution in [0, 0.1) is 10.1 Å². The van der Waals surface area contributed by atoms with Gasteiger partial charge in [0.2, 0.25) is 0 Å².